The van der Waals surface area contributed by atoms with Crippen LogP contribution in [0.2, 0.25) is 0 Å². The van der Waals surface area contributed by atoms with Crippen LogP contribution in [0.4, 0.5) is 5.82 Å². The zero-order valence-electron chi connectivity index (χ0n) is 7.44. The van der Waals surface area contributed by atoms with Crippen LogP contribution in [0.25, 0.3) is 0 Å². The monoisotopic (exact) mass is 179 g/mol. The predicted molar refractivity (Wildman–Crippen MR) is 49.3 cm³/mol. The van der Waals surface area contributed by atoms with Crippen LogP contribution in [0.15, 0.2) is 12.4 Å². The normalized spacial score (nSPS) is 16.6. The number of aromatic nitrogens is 2. The summed E-state index contributed by atoms with van der Waals surface area (Å²) in [5.74, 6) is 1.76. The summed E-state index contributed by atoms with van der Waals surface area (Å²) in [6, 6.07) is 1.65. The Labute approximate surface area is 77.1 Å². The van der Waals surface area contributed by atoms with E-state index >= 15 is 0 Å². The summed E-state index contributed by atoms with van der Waals surface area (Å²) in [5, 5.41) is 0. The van der Waals surface area contributed by atoms with E-state index in [4.69, 9.17) is 10.5 Å². The number of nitrogens with two attached hydrogens (primary N) is 1. The highest BCUT2D eigenvalue weighted by Crippen LogP contribution is 2.26. The number of hydrogen-bond acceptors (Lipinski definition) is 4. The zero-order valence-corrected chi connectivity index (χ0v) is 7.44. The fraction of sp³-hybridized carbons (Fsp3) is 0.556. The molecule has 0 aliphatic heterocycles. The van der Waals surface area contributed by atoms with Gasteiger partial charge in [-0.05, 0) is 18.8 Å². The molecule has 1 heterocycles. The van der Waals surface area contributed by atoms with Gasteiger partial charge in [0.15, 0.2) is 0 Å². The molecule has 1 aromatic rings. The Morgan fingerprint density at radius 1 is 1.46 bits per heavy atom. The molecule has 0 bridgehead atoms. The third-order valence-electron chi connectivity index (χ3n) is 2.35. The molecule has 13 heavy (non-hydrogen) atoms. The van der Waals surface area contributed by atoms with Crippen molar-refractivity contribution in [3.63, 3.8) is 0 Å². The minimum absolute atomic E-state index is 0.457. The smallest absolute Gasteiger partial charge is 0.218 e. The molecule has 0 atom stereocenters. The number of nitrogens with zero attached hydrogens (tertiary/aromatic N) is 2. The van der Waals surface area contributed by atoms with Gasteiger partial charge in [0, 0.05) is 6.07 Å². The van der Waals surface area contributed by atoms with E-state index in [2.05, 4.69) is 9.97 Å². The van der Waals surface area contributed by atoms with Crippen LogP contribution in [-0.2, 0) is 0 Å². The highest BCUT2D eigenvalue weighted by Gasteiger charge is 2.17. The third-order valence-corrected chi connectivity index (χ3v) is 2.35. The molecule has 0 spiro atoms. The van der Waals surface area contributed by atoms with Crippen LogP contribution < -0.4 is 10.5 Å². The van der Waals surface area contributed by atoms with E-state index in [1.807, 2.05) is 0 Å². The van der Waals surface area contributed by atoms with Crippen LogP contribution in [0.5, 0.6) is 5.88 Å². The van der Waals surface area contributed by atoms with Crippen LogP contribution in [-0.4, -0.2) is 16.6 Å². The van der Waals surface area contributed by atoms with Crippen molar-refractivity contribution in [1.82, 2.24) is 9.97 Å². The minimum Gasteiger partial charge on any atom is -0.477 e. The quantitative estimate of drug-likeness (QED) is 0.758. The van der Waals surface area contributed by atoms with Gasteiger partial charge in [0.05, 0.1) is 6.61 Å². The minimum atomic E-state index is 0.457. The first-order valence-electron chi connectivity index (χ1n) is 4.55. The molecule has 4 nitrogen and oxygen atoms in total. The SMILES string of the molecule is Nc1cc(OCC2CCC2)ncn1. The Morgan fingerprint density at radius 2 is 2.31 bits per heavy atom. The van der Waals surface area contributed by atoms with Gasteiger partial charge in [-0.2, -0.15) is 0 Å². The topological polar surface area (TPSA) is 61.0 Å². The number of anilines is 1. The largest absolute Gasteiger partial charge is 0.477 e. The zero-order chi connectivity index (χ0) is 9.10. The molecular formula is C9H13N3O. The first kappa shape index (κ1) is 8.29. The van der Waals surface area contributed by atoms with Crippen LogP contribution in [0, 0.1) is 5.92 Å². The molecular weight excluding hydrogens is 166 g/mol. The maximum atomic E-state index is 5.48. The van der Waals surface area contributed by atoms with Gasteiger partial charge < -0.3 is 10.5 Å². The molecule has 0 unspecified atom stereocenters. The molecule has 1 aliphatic carbocycles. The second-order valence-electron chi connectivity index (χ2n) is 3.39. The van der Waals surface area contributed by atoms with Crippen molar-refractivity contribution in [2.45, 2.75) is 19.3 Å². The van der Waals surface area contributed by atoms with Crippen molar-refractivity contribution in [2.24, 2.45) is 5.92 Å². The van der Waals surface area contributed by atoms with Crippen molar-refractivity contribution >= 4 is 5.82 Å². The fourth-order valence-corrected chi connectivity index (χ4v) is 1.30. The Hall–Kier alpha value is -1.32. The molecule has 1 aromatic heterocycles. The lowest BCUT2D eigenvalue weighted by Gasteiger charge is -2.24. The van der Waals surface area contributed by atoms with E-state index in [0.29, 0.717) is 11.7 Å². The van der Waals surface area contributed by atoms with Gasteiger partial charge in [0.25, 0.3) is 0 Å². The van der Waals surface area contributed by atoms with Crippen molar-refractivity contribution in [3.8, 4) is 5.88 Å². The number of ether oxygens (including phenoxy) is 1. The summed E-state index contributed by atoms with van der Waals surface area (Å²) in [4.78, 5) is 7.74. The lowest BCUT2D eigenvalue weighted by molar-refractivity contribution is 0.175. The van der Waals surface area contributed by atoms with Gasteiger partial charge in [0.1, 0.15) is 12.1 Å². The Morgan fingerprint density at radius 3 is 2.92 bits per heavy atom. The predicted octanol–water partition coefficient (Wildman–Crippen LogP) is 1.24. The van der Waals surface area contributed by atoms with Gasteiger partial charge >= 0.3 is 0 Å². The maximum Gasteiger partial charge on any atom is 0.218 e. The molecule has 0 radical (unpaired) electrons. The van der Waals surface area contributed by atoms with Gasteiger partial charge in [0.2, 0.25) is 5.88 Å². The van der Waals surface area contributed by atoms with Crippen molar-refractivity contribution in [2.75, 3.05) is 12.3 Å². The Kier molecular flexibility index (Phi) is 2.29. The first-order valence-corrected chi connectivity index (χ1v) is 4.55. The molecule has 2 rings (SSSR count). The molecule has 0 saturated heterocycles. The van der Waals surface area contributed by atoms with E-state index in [-0.39, 0.29) is 0 Å². The molecule has 70 valence electrons. The number of hydrogen-bond donors (Lipinski definition) is 1. The standard InChI is InChI=1S/C9H13N3O/c10-8-4-9(12-6-11-8)13-5-7-2-1-3-7/h4,6-7H,1-3,5H2,(H2,10,11,12). The van der Waals surface area contributed by atoms with Crippen molar-refractivity contribution in [3.05, 3.63) is 12.4 Å². The van der Waals surface area contributed by atoms with Gasteiger partial charge in [-0.15, -0.1) is 0 Å². The van der Waals surface area contributed by atoms with Crippen molar-refractivity contribution in [1.29, 1.82) is 0 Å². The summed E-state index contributed by atoms with van der Waals surface area (Å²) >= 11 is 0. The van der Waals surface area contributed by atoms with E-state index < -0.39 is 0 Å². The van der Waals surface area contributed by atoms with Crippen LogP contribution >= 0.6 is 0 Å². The summed E-state index contributed by atoms with van der Waals surface area (Å²) in [5.41, 5.74) is 5.48. The van der Waals surface area contributed by atoms with E-state index in [1.54, 1.807) is 6.07 Å². The van der Waals surface area contributed by atoms with Crippen molar-refractivity contribution < 1.29 is 4.74 Å². The summed E-state index contributed by atoms with van der Waals surface area (Å²) in [6.45, 7) is 0.760. The maximum absolute atomic E-state index is 5.48. The molecule has 0 aromatic carbocycles. The summed E-state index contributed by atoms with van der Waals surface area (Å²) < 4.78 is 5.46. The molecule has 1 saturated carbocycles. The lowest BCUT2D eigenvalue weighted by Crippen LogP contribution is -2.19. The molecule has 1 fully saturated rings. The average Bonchev–Trinajstić information content (AvgIpc) is 2.01. The molecule has 0 amide bonds. The van der Waals surface area contributed by atoms with Gasteiger partial charge in [-0.1, -0.05) is 6.42 Å². The number of nitrogen functional groups attached to an aromatic ring is 1. The van der Waals surface area contributed by atoms with E-state index in [1.165, 1.54) is 25.6 Å². The van der Waals surface area contributed by atoms with Crippen LogP contribution in [0.3, 0.4) is 0 Å². The van der Waals surface area contributed by atoms with Gasteiger partial charge in [-0.25, -0.2) is 9.97 Å². The number of rotatable bonds is 3. The van der Waals surface area contributed by atoms with Crippen LogP contribution in [0.1, 0.15) is 19.3 Å². The highest BCUT2D eigenvalue weighted by molar-refractivity contribution is 5.30. The third kappa shape index (κ3) is 2.08. The summed E-state index contributed by atoms with van der Waals surface area (Å²) in [6.07, 6.45) is 5.31. The highest BCUT2D eigenvalue weighted by atomic mass is 16.5. The lowest BCUT2D eigenvalue weighted by atomic mass is 9.86. The van der Waals surface area contributed by atoms with E-state index in [0.717, 1.165) is 12.5 Å². The molecule has 2 N–H and O–H groups in total. The molecule has 4 heteroatoms. The average molecular weight is 179 g/mol. The second kappa shape index (κ2) is 3.60. The summed E-state index contributed by atoms with van der Waals surface area (Å²) in [7, 11) is 0. The fourth-order valence-electron chi connectivity index (χ4n) is 1.30. The Bertz CT molecular complexity index is 286. The van der Waals surface area contributed by atoms with Gasteiger partial charge in [-0.3, -0.25) is 0 Å². The molecule has 1 aliphatic rings. The first-order chi connectivity index (χ1) is 6.34. The second-order valence-corrected chi connectivity index (χ2v) is 3.39. The van der Waals surface area contributed by atoms with E-state index in [9.17, 15) is 0 Å². The Balaban J connectivity index is 1.86.